The van der Waals surface area contributed by atoms with Gasteiger partial charge < -0.3 is 4.90 Å². The maximum atomic E-state index is 11.9. The summed E-state index contributed by atoms with van der Waals surface area (Å²) in [5.41, 5.74) is 1.08. The zero-order chi connectivity index (χ0) is 13.8. The first-order chi connectivity index (χ1) is 9.04. The third kappa shape index (κ3) is 4.25. The van der Waals surface area contributed by atoms with Gasteiger partial charge in [-0.3, -0.25) is 9.59 Å². The third-order valence-electron chi connectivity index (χ3n) is 3.10. The van der Waals surface area contributed by atoms with Crippen LogP contribution in [0.1, 0.15) is 18.9 Å². The Morgan fingerprint density at radius 1 is 1.42 bits per heavy atom. The van der Waals surface area contributed by atoms with Crippen LogP contribution in [0.15, 0.2) is 24.3 Å². The summed E-state index contributed by atoms with van der Waals surface area (Å²) >= 11 is 7.14. The third-order valence-corrected chi connectivity index (χ3v) is 4.40. The Labute approximate surface area is 122 Å². The molecule has 0 radical (unpaired) electrons. The molecule has 1 aromatic carbocycles. The fourth-order valence-electron chi connectivity index (χ4n) is 2.16. The number of carbonyl (C=O) groups excluding carboxylic acids is 2. The van der Waals surface area contributed by atoms with Crippen LogP contribution in [-0.4, -0.2) is 28.2 Å². The zero-order valence-electron chi connectivity index (χ0n) is 10.8. The standard InChI is InChI=1S/C14H16ClNO2S/c1-10(17)19-9-12-6-14(18)16(8-12)7-11-2-4-13(15)5-3-11/h2-5,12H,6-9H2,1H3. The summed E-state index contributed by atoms with van der Waals surface area (Å²) in [6.45, 7) is 2.92. The summed E-state index contributed by atoms with van der Waals surface area (Å²) in [5.74, 6) is 1.19. The largest absolute Gasteiger partial charge is 0.338 e. The summed E-state index contributed by atoms with van der Waals surface area (Å²) in [6, 6.07) is 7.54. The van der Waals surface area contributed by atoms with Crippen molar-refractivity contribution in [1.82, 2.24) is 4.90 Å². The minimum Gasteiger partial charge on any atom is -0.338 e. The second-order valence-electron chi connectivity index (χ2n) is 4.77. The molecule has 0 saturated carbocycles. The van der Waals surface area contributed by atoms with E-state index in [0.717, 1.165) is 17.9 Å². The lowest BCUT2D eigenvalue weighted by molar-refractivity contribution is -0.128. The highest BCUT2D eigenvalue weighted by Gasteiger charge is 2.29. The van der Waals surface area contributed by atoms with Crippen molar-refractivity contribution in [2.24, 2.45) is 5.92 Å². The van der Waals surface area contributed by atoms with Crippen LogP contribution in [0.2, 0.25) is 5.02 Å². The summed E-state index contributed by atoms with van der Waals surface area (Å²) in [7, 11) is 0. The number of nitrogens with zero attached hydrogens (tertiary/aromatic N) is 1. The predicted molar refractivity (Wildman–Crippen MR) is 78.1 cm³/mol. The smallest absolute Gasteiger partial charge is 0.223 e. The van der Waals surface area contributed by atoms with E-state index in [2.05, 4.69) is 0 Å². The maximum Gasteiger partial charge on any atom is 0.223 e. The van der Waals surface area contributed by atoms with Crippen LogP contribution in [0.5, 0.6) is 0 Å². The monoisotopic (exact) mass is 297 g/mol. The number of halogens is 1. The first-order valence-corrected chi connectivity index (χ1v) is 7.56. The van der Waals surface area contributed by atoms with Gasteiger partial charge in [0.25, 0.3) is 0 Å². The molecule has 0 spiro atoms. The van der Waals surface area contributed by atoms with Gasteiger partial charge in [0.15, 0.2) is 5.12 Å². The molecule has 0 aliphatic carbocycles. The van der Waals surface area contributed by atoms with Crippen molar-refractivity contribution in [3.63, 3.8) is 0 Å². The molecule has 102 valence electrons. The summed E-state index contributed by atoms with van der Waals surface area (Å²) in [4.78, 5) is 24.7. The average molecular weight is 298 g/mol. The Bertz CT molecular complexity index is 475. The van der Waals surface area contributed by atoms with E-state index in [-0.39, 0.29) is 16.9 Å². The Kier molecular flexibility index (Phi) is 4.88. The molecule has 1 fully saturated rings. The van der Waals surface area contributed by atoms with Crippen LogP contribution in [0.3, 0.4) is 0 Å². The molecule has 5 heteroatoms. The molecule has 3 nitrogen and oxygen atoms in total. The van der Waals surface area contributed by atoms with Crippen LogP contribution in [0.25, 0.3) is 0 Å². The van der Waals surface area contributed by atoms with Crippen molar-refractivity contribution in [1.29, 1.82) is 0 Å². The molecule has 1 aromatic rings. The van der Waals surface area contributed by atoms with E-state index >= 15 is 0 Å². The molecule has 0 aromatic heterocycles. The lowest BCUT2D eigenvalue weighted by Crippen LogP contribution is -2.24. The van der Waals surface area contributed by atoms with Crippen molar-refractivity contribution < 1.29 is 9.59 Å². The molecule has 0 N–H and O–H groups in total. The van der Waals surface area contributed by atoms with Crippen LogP contribution >= 0.6 is 23.4 Å². The molecule has 0 bridgehead atoms. The Morgan fingerprint density at radius 3 is 2.74 bits per heavy atom. The Hall–Kier alpha value is -1.00. The van der Waals surface area contributed by atoms with Gasteiger partial charge in [0.1, 0.15) is 0 Å². The first kappa shape index (κ1) is 14.4. The molecule has 1 aliphatic heterocycles. The minimum absolute atomic E-state index is 0.114. The molecule has 2 rings (SSSR count). The van der Waals surface area contributed by atoms with Crippen molar-refractivity contribution in [2.75, 3.05) is 12.3 Å². The normalized spacial score (nSPS) is 18.9. The van der Waals surface area contributed by atoms with E-state index in [0.29, 0.717) is 18.0 Å². The van der Waals surface area contributed by atoms with Gasteiger partial charge in [-0.2, -0.15) is 0 Å². The van der Waals surface area contributed by atoms with Gasteiger partial charge in [0.05, 0.1) is 0 Å². The van der Waals surface area contributed by atoms with E-state index in [4.69, 9.17) is 11.6 Å². The summed E-state index contributed by atoms with van der Waals surface area (Å²) in [5, 5.41) is 0.816. The number of benzene rings is 1. The highest BCUT2D eigenvalue weighted by Crippen LogP contribution is 2.24. The molecule has 1 saturated heterocycles. The van der Waals surface area contributed by atoms with E-state index in [9.17, 15) is 9.59 Å². The number of thioether (sulfide) groups is 1. The second kappa shape index (κ2) is 6.44. The quantitative estimate of drug-likeness (QED) is 0.857. The van der Waals surface area contributed by atoms with Gasteiger partial charge in [-0.25, -0.2) is 0 Å². The fraction of sp³-hybridized carbons (Fsp3) is 0.429. The molecular formula is C14H16ClNO2S. The fourth-order valence-corrected chi connectivity index (χ4v) is 2.98. The van der Waals surface area contributed by atoms with E-state index in [1.807, 2.05) is 29.2 Å². The maximum absolute atomic E-state index is 11.9. The summed E-state index contributed by atoms with van der Waals surface area (Å²) in [6.07, 6.45) is 0.549. The zero-order valence-corrected chi connectivity index (χ0v) is 12.3. The van der Waals surface area contributed by atoms with E-state index in [1.165, 1.54) is 11.8 Å². The van der Waals surface area contributed by atoms with E-state index < -0.39 is 0 Å². The van der Waals surface area contributed by atoms with Crippen LogP contribution in [0, 0.1) is 5.92 Å². The van der Waals surface area contributed by atoms with Crippen molar-refractivity contribution in [3.05, 3.63) is 34.9 Å². The van der Waals surface area contributed by atoms with E-state index in [1.54, 1.807) is 6.92 Å². The topological polar surface area (TPSA) is 37.4 Å². The average Bonchev–Trinajstić information content (AvgIpc) is 2.71. The van der Waals surface area contributed by atoms with Gasteiger partial charge in [-0.05, 0) is 23.6 Å². The number of carbonyl (C=O) groups is 2. The molecule has 1 amide bonds. The molecule has 19 heavy (non-hydrogen) atoms. The van der Waals surface area contributed by atoms with Crippen molar-refractivity contribution in [3.8, 4) is 0 Å². The number of amides is 1. The summed E-state index contributed by atoms with van der Waals surface area (Å²) < 4.78 is 0. The lowest BCUT2D eigenvalue weighted by Gasteiger charge is -2.16. The van der Waals surface area contributed by atoms with Crippen molar-refractivity contribution >= 4 is 34.4 Å². The number of hydrogen-bond donors (Lipinski definition) is 0. The van der Waals surface area contributed by atoms with Gasteiger partial charge >= 0.3 is 0 Å². The minimum atomic E-state index is 0.114. The lowest BCUT2D eigenvalue weighted by atomic mass is 10.1. The van der Waals surface area contributed by atoms with Crippen molar-refractivity contribution in [2.45, 2.75) is 19.9 Å². The number of hydrogen-bond acceptors (Lipinski definition) is 3. The molecule has 1 atom stereocenters. The van der Waals surface area contributed by atoms with Crippen LogP contribution in [0.4, 0.5) is 0 Å². The SMILES string of the molecule is CC(=O)SCC1CC(=O)N(Cc2ccc(Cl)cc2)C1. The van der Waals surface area contributed by atoms with Crippen LogP contribution < -0.4 is 0 Å². The predicted octanol–water partition coefficient (Wildman–Crippen LogP) is 2.97. The number of rotatable bonds is 4. The number of likely N-dealkylation sites (tertiary alicyclic amines) is 1. The first-order valence-electron chi connectivity index (χ1n) is 6.20. The Balaban J connectivity index is 1.89. The molecule has 1 heterocycles. The second-order valence-corrected chi connectivity index (χ2v) is 6.41. The van der Waals surface area contributed by atoms with Gasteiger partial charge in [0.2, 0.25) is 5.91 Å². The highest BCUT2D eigenvalue weighted by atomic mass is 35.5. The van der Waals surface area contributed by atoms with Crippen LogP contribution in [-0.2, 0) is 16.1 Å². The molecule has 1 aliphatic rings. The van der Waals surface area contributed by atoms with Gasteiger partial charge in [-0.1, -0.05) is 35.5 Å². The Morgan fingerprint density at radius 2 is 2.11 bits per heavy atom. The van der Waals surface area contributed by atoms with Gasteiger partial charge in [-0.15, -0.1) is 0 Å². The highest BCUT2D eigenvalue weighted by molar-refractivity contribution is 8.13. The van der Waals surface area contributed by atoms with Gasteiger partial charge in [0, 0.05) is 37.2 Å². The molecule has 1 unspecified atom stereocenters. The molecular weight excluding hydrogens is 282 g/mol.